The molecule has 1 aliphatic heterocycles. The molecule has 0 spiro atoms. The molecule has 0 aromatic heterocycles. The van der Waals surface area contributed by atoms with E-state index in [1.165, 1.54) is 25.5 Å². The molecular weight excluding hydrogens is 270 g/mol. The topological polar surface area (TPSA) is 56.8 Å². The molecule has 3 rings (SSSR count). The molecule has 1 N–H and O–H groups in total. The van der Waals surface area contributed by atoms with Crippen LogP contribution in [-0.2, 0) is 4.74 Å². The van der Waals surface area contributed by atoms with Crippen LogP contribution in [0.25, 0.3) is 0 Å². The van der Waals surface area contributed by atoms with E-state index in [0.29, 0.717) is 31.6 Å². The second kappa shape index (κ2) is 6.24. The van der Waals surface area contributed by atoms with Gasteiger partial charge in [-0.25, -0.2) is 4.79 Å². The number of methoxy groups -OCH3 is 1. The van der Waals surface area contributed by atoms with E-state index in [0.717, 1.165) is 17.9 Å². The number of rotatable bonds is 5. The number of amides is 1. The molecule has 2 aliphatic rings. The summed E-state index contributed by atoms with van der Waals surface area (Å²) in [4.78, 5) is 11.1. The highest BCUT2D eigenvalue weighted by Gasteiger charge is 2.32. The summed E-state index contributed by atoms with van der Waals surface area (Å²) in [5, 5.41) is 2.76. The zero-order chi connectivity index (χ0) is 14.7. The van der Waals surface area contributed by atoms with Gasteiger partial charge in [-0.3, -0.25) is 0 Å². The van der Waals surface area contributed by atoms with Crippen LogP contribution in [0.5, 0.6) is 11.5 Å². The first-order valence-corrected chi connectivity index (χ1v) is 7.49. The Morgan fingerprint density at radius 2 is 2.10 bits per heavy atom. The predicted octanol–water partition coefficient (Wildman–Crippen LogP) is 2.70. The fourth-order valence-corrected chi connectivity index (χ4v) is 2.87. The van der Waals surface area contributed by atoms with Crippen LogP contribution >= 0.6 is 0 Å². The van der Waals surface area contributed by atoms with Crippen molar-refractivity contribution in [3.05, 3.63) is 23.8 Å². The number of carbonyl (C=O) groups excluding carboxylic acids is 1. The lowest BCUT2D eigenvalue weighted by Gasteiger charge is -2.22. The van der Waals surface area contributed by atoms with Crippen LogP contribution in [0.15, 0.2) is 18.2 Å². The van der Waals surface area contributed by atoms with Gasteiger partial charge in [0.2, 0.25) is 0 Å². The van der Waals surface area contributed by atoms with Crippen LogP contribution in [0, 0.1) is 5.92 Å². The minimum absolute atomic E-state index is 0.369. The highest BCUT2D eigenvalue weighted by molar-refractivity contribution is 5.66. The molecule has 1 fully saturated rings. The van der Waals surface area contributed by atoms with Crippen molar-refractivity contribution in [1.29, 1.82) is 0 Å². The van der Waals surface area contributed by atoms with E-state index in [1.807, 2.05) is 6.07 Å². The first kappa shape index (κ1) is 14.0. The SMILES string of the molecule is COC(=O)NCCC(c1ccc2c(c1)OCCO2)C1CC1. The first-order valence-electron chi connectivity index (χ1n) is 7.49. The Balaban J connectivity index is 1.67. The van der Waals surface area contributed by atoms with Gasteiger partial charge in [-0.15, -0.1) is 0 Å². The fraction of sp³-hybridized carbons (Fsp3) is 0.562. The maximum Gasteiger partial charge on any atom is 0.406 e. The summed E-state index contributed by atoms with van der Waals surface area (Å²) in [5.74, 6) is 2.84. The summed E-state index contributed by atoms with van der Waals surface area (Å²) in [6.07, 6.45) is 3.07. The summed E-state index contributed by atoms with van der Waals surface area (Å²) in [6.45, 7) is 1.85. The van der Waals surface area contributed by atoms with Crippen LogP contribution in [-0.4, -0.2) is 33.0 Å². The predicted molar refractivity (Wildman–Crippen MR) is 77.9 cm³/mol. The smallest absolute Gasteiger partial charge is 0.406 e. The van der Waals surface area contributed by atoms with Gasteiger partial charge < -0.3 is 19.5 Å². The van der Waals surface area contributed by atoms with Crippen molar-refractivity contribution in [2.75, 3.05) is 26.9 Å². The van der Waals surface area contributed by atoms with Crippen LogP contribution in [0.4, 0.5) is 4.79 Å². The van der Waals surface area contributed by atoms with E-state index in [2.05, 4.69) is 22.2 Å². The number of alkyl carbamates (subject to hydrolysis) is 1. The van der Waals surface area contributed by atoms with Crippen molar-refractivity contribution in [3.63, 3.8) is 0 Å². The molecule has 1 aromatic rings. The van der Waals surface area contributed by atoms with Crippen molar-refractivity contribution < 1.29 is 19.0 Å². The Morgan fingerprint density at radius 3 is 2.81 bits per heavy atom. The summed E-state index contributed by atoms with van der Waals surface area (Å²) < 4.78 is 15.8. The van der Waals surface area contributed by atoms with Gasteiger partial charge in [0.1, 0.15) is 13.2 Å². The van der Waals surface area contributed by atoms with Gasteiger partial charge in [0.15, 0.2) is 11.5 Å². The van der Waals surface area contributed by atoms with Crippen LogP contribution < -0.4 is 14.8 Å². The van der Waals surface area contributed by atoms with Crippen molar-refractivity contribution >= 4 is 6.09 Å². The summed E-state index contributed by atoms with van der Waals surface area (Å²) >= 11 is 0. The molecule has 5 heteroatoms. The lowest BCUT2D eigenvalue weighted by Crippen LogP contribution is -2.25. The van der Waals surface area contributed by atoms with Gasteiger partial charge in [0.05, 0.1) is 7.11 Å². The molecule has 1 saturated carbocycles. The Morgan fingerprint density at radius 1 is 1.33 bits per heavy atom. The van der Waals surface area contributed by atoms with E-state index in [9.17, 15) is 4.79 Å². The van der Waals surface area contributed by atoms with Crippen molar-refractivity contribution in [2.24, 2.45) is 5.92 Å². The zero-order valence-electron chi connectivity index (χ0n) is 12.3. The van der Waals surface area contributed by atoms with Crippen LogP contribution in [0.2, 0.25) is 0 Å². The molecule has 21 heavy (non-hydrogen) atoms. The molecule has 0 bridgehead atoms. The third kappa shape index (κ3) is 3.40. The number of benzene rings is 1. The van der Waals surface area contributed by atoms with Crippen LogP contribution in [0.1, 0.15) is 30.7 Å². The Bertz CT molecular complexity index is 513. The molecule has 5 nitrogen and oxygen atoms in total. The van der Waals surface area contributed by atoms with E-state index in [-0.39, 0.29) is 6.09 Å². The third-order valence-electron chi connectivity index (χ3n) is 4.10. The van der Waals surface area contributed by atoms with Crippen molar-refractivity contribution in [2.45, 2.75) is 25.2 Å². The van der Waals surface area contributed by atoms with Crippen molar-refractivity contribution in [1.82, 2.24) is 5.32 Å². The molecule has 0 radical (unpaired) electrons. The minimum atomic E-state index is -0.369. The number of fused-ring (bicyclic) bond motifs is 1. The molecule has 1 aromatic carbocycles. The maximum absolute atomic E-state index is 11.1. The van der Waals surface area contributed by atoms with E-state index in [1.54, 1.807) is 0 Å². The van der Waals surface area contributed by atoms with E-state index >= 15 is 0 Å². The Labute approximate surface area is 124 Å². The highest BCUT2D eigenvalue weighted by atomic mass is 16.6. The van der Waals surface area contributed by atoms with Gasteiger partial charge in [-0.05, 0) is 48.8 Å². The number of ether oxygens (including phenoxy) is 3. The standard InChI is InChI=1S/C16H21NO4/c1-19-16(18)17-7-6-13(11-2-3-11)12-4-5-14-15(10-12)21-9-8-20-14/h4-5,10-11,13H,2-3,6-9H2,1H3,(H,17,18). The number of carbonyl (C=O) groups is 1. The van der Waals surface area contributed by atoms with Gasteiger partial charge in [-0.2, -0.15) is 0 Å². The fourth-order valence-electron chi connectivity index (χ4n) is 2.87. The molecule has 1 heterocycles. The molecular formula is C16H21NO4. The lowest BCUT2D eigenvalue weighted by atomic mass is 9.90. The quantitative estimate of drug-likeness (QED) is 0.906. The van der Waals surface area contributed by atoms with Gasteiger partial charge >= 0.3 is 6.09 Å². The molecule has 1 amide bonds. The Hall–Kier alpha value is -1.91. The van der Waals surface area contributed by atoms with Gasteiger partial charge in [0, 0.05) is 6.54 Å². The molecule has 114 valence electrons. The monoisotopic (exact) mass is 291 g/mol. The molecule has 1 atom stereocenters. The summed E-state index contributed by atoms with van der Waals surface area (Å²) in [6, 6.07) is 6.21. The van der Waals surface area contributed by atoms with E-state index < -0.39 is 0 Å². The van der Waals surface area contributed by atoms with Gasteiger partial charge in [-0.1, -0.05) is 6.07 Å². The van der Waals surface area contributed by atoms with E-state index in [4.69, 9.17) is 9.47 Å². The second-order valence-corrected chi connectivity index (χ2v) is 5.55. The third-order valence-corrected chi connectivity index (χ3v) is 4.10. The normalized spacial score (nSPS) is 18.0. The maximum atomic E-state index is 11.1. The minimum Gasteiger partial charge on any atom is -0.486 e. The number of hydrogen-bond donors (Lipinski definition) is 1. The van der Waals surface area contributed by atoms with Crippen LogP contribution in [0.3, 0.4) is 0 Å². The first-order chi connectivity index (χ1) is 10.3. The van der Waals surface area contributed by atoms with Gasteiger partial charge in [0.25, 0.3) is 0 Å². The summed E-state index contributed by atoms with van der Waals surface area (Å²) in [5.41, 5.74) is 1.27. The molecule has 1 aliphatic carbocycles. The highest BCUT2D eigenvalue weighted by Crippen LogP contribution is 2.46. The molecule has 1 unspecified atom stereocenters. The lowest BCUT2D eigenvalue weighted by molar-refractivity contribution is 0.170. The Kier molecular flexibility index (Phi) is 4.18. The van der Waals surface area contributed by atoms with Crippen molar-refractivity contribution in [3.8, 4) is 11.5 Å². The summed E-state index contributed by atoms with van der Waals surface area (Å²) in [7, 11) is 1.38. The average molecular weight is 291 g/mol. The second-order valence-electron chi connectivity index (χ2n) is 5.55. The average Bonchev–Trinajstić information content (AvgIpc) is 3.35. The largest absolute Gasteiger partial charge is 0.486 e. The number of nitrogens with one attached hydrogen (secondary N) is 1. The zero-order valence-corrected chi connectivity index (χ0v) is 12.3. The molecule has 0 saturated heterocycles. The number of hydrogen-bond acceptors (Lipinski definition) is 4.